The van der Waals surface area contributed by atoms with Gasteiger partial charge in [0.2, 0.25) is 0 Å². The summed E-state index contributed by atoms with van der Waals surface area (Å²) in [5.74, 6) is -0.909. The average Bonchev–Trinajstić information content (AvgIpc) is 3.36. The standard InChI is InChI=1S/C23H23F3N2O/c24-16-3-1-14(2-4-16)21-20(18-9-17(25)10-19(26)22(18)28-21)15-7-13(8-15)11-27-23(12-29)5-6-23/h1-4,9-10,13,15,27-29H,5-8,11-12H2. The lowest BCUT2D eigenvalue weighted by atomic mass is 9.70. The lowest BCUT2D eigenvalue weighted by molar-refractivity contribution is 0.198. The van der Waals surface area contributed by atoms with E-state index in [9.17, 15) is 18.3 Å². The van der Waals surface area contributed by atoms with Gasteiger partial charge in [-0.25, -0.2) is 13.2 Å². The molecule has 0 saturated heterocycles. The van der Waals surface area contributed by atoms with Crippen LogP contribution in [-0.2, 0) is 0 Å². The van der Waals surface area contributed by atoms with Gasteiger partial charge in [-0.3, -0.25) is 0 Å². The summed E-state index contributed by atoms with van der Waals surface area (Å²) < 4.78 is 41.8. The van der Waals surface area contributed by atoms with Crippen LogP contribution in [0.1, 0.15) is 37.2 Å². The van der Waals surface area contributed by atoms with E-state index in [0.717, 1.165) is 55.1 Å². The largest absolute Gasteiger partial charge is 0.394 e. The number of rotatable bonds is 6. The number of hydrogen-bond donors (Lipinski definition) is 3. The molecule has 0 bridgehead atoms. The minimum absolute atomic E-state index is 0.0859. The van der Waals surface area contributed by atoms with Crippen molar-refractivity contribution in [2.45, 2.75) is 37.1 Å². The van der Waals surface area contributed by atoms with Crippen LogP contribution in [0.4, 0.5) is 13.2 Å². The van der Waals surface area contributed by atoms with Gasteiger partial charge in [-0.2, -0.15) is 0 Å². The Morgan fingerprint density at radius 3 is 2.41 bits per heavy atom. The minimum Gasteiger partial charge on any atom is -0.394 e. The van der Waals surface area contributed by atoms with Gasteiger partial charge in [-0.15, -0.1) is 0 Å². The Balaban J connectivity index is 1.46. The molecule has 3 aromatic rings. The molecule has 29 heavy (non-hydrogen) atoms. The number of nitrogens with one attached hydrogen (secondary N) is 2. The minimum atomic E-state index is -0.620. The highest BCUT2D eigenvalue weighted by Gasteiger charge is 2.43. The number of H-pyrrole nitrogens is 1. The third-order valence-electron chi connectivity index (χ3n) is 6.56. The Bertz CT molecular complexity index is 1050. The van der Waals surface area contributed by atoms with Crippen molar-refractivity contribution in [1.82, 2.24) is 10.3 Å². The molecule has 0 aliphatic heterocycles. The van der Waals surface area contributed by atoms with Gasteiger partial charge in [0.05, 0.1) is 17.8 Å². The highest BCUT2D eigenvalue weighted by molar-refractivity contribution is 5.92. The summed E-state index contributed by atoms with van der Waals surface area (Å²) in [4.78, 5) is 3.12. The smallest absolute Gasteiger partial charge is 0.150 e. The topological polar surface area (TPSA) is 48.0 Å². The molecule has 0 spiro atoms. The third-order valence-corrected chi connectivity index (χ3v) is 6.56. The zero-order valence-corrected chi connectivity index (χ0v) is 15.9. The van der Waals surface area contributed by atoms with E-state index in [2.05, 4.69) is 10.3 Å². The molecule has 2 aromatic carbocycles. The van der Waals surface area contributed by atoms with Crippen molar-refractivity contribution in [2.24, 2.45) is 5.92 Å². The molecule has 0 unspecified atom stereocenters. The Hall–Kier alpha value is -2.31. The number of aliphatic hydroxyl groups is 1. The van der Waals surface area contributed by atoms with Crippen LogP contribution in [0.2, 0.25) is 0 Å². The SMILES string of the molecule is OCC1(NCC2CC(c3c(-c4ccc(F)cc4)[nH]c4c(F)cc(F)cc34)C2)CC1. The van der Waals surface area contributed by atoms with Crippen LogP contribution < -0.4 is 5.32 Å². The van der Waals surface area contributed by atoms with Gasteiger partial charge in [0, 0.05) is 17.0 Å². The molecule has 2 aliphatic carbocycles. The summed E-state index contributed by atoms with van der Waals surface area (Å²) in [6.07, 6.45) is 3.84. The van der Waals surface area contributed by atoms with Crippen molar-refractivity contribution in [2.75, 3.05) is 13.2 Å². The summed E-state index contributed by atoms with van der Waals surface area (Å²) in [6, 6.07) is 8.33. The molecule has 1 aromatic heterocycles. The van der Waals surface area contributed by atoms with E-state index in [-0.39, 0.29) is 23.9 Å². The maximum Gasteiger partial charge on any atom is 0.150 e. The molecule has 3 N–H and O–H groups in total. The summed E-state index contributed by atoms with van der Waals surface area (Å²) in [7, 11) is 0. The van der Waals surface area contributed by atoms with Gasteiger partial charge in [-0.1, -0.05) is 0 Å². The van der Waals surface area contributed by atoms with E-state index in [1.807, 2.05) is 0 Å². The van der Waals surface area contributed by atoms with Crippen LogP contribution in [0.5, 0.6) is 0 Å². The van der Waals surface area contributed by atoms with E-state index < -0.39 is 11.6 Å². The highest BCUT2D eigenvalue weighted by atomic mass is 19.1. The van der Waals surface area contributed by atoms with Gasteiger partial charge in [-0.05, 0) is 85.5 Å². The van der Waals surface area contributed by atoms with Crippen molar-refractivity contribution in [3.63, 3.8) is 0 Å². The molecule has 0 amide bonds. The molecule has 3 nitrogen and oxygen atoms in total. The number of aromatic nitrogens is 1. The van der Waals surface area contributed by atoms with Crippen molar-refractivity contribution < 1.29 is 18.3 Å². The first-order chi connectivity index (χ1) is 14.0. The first-order valence-corrected chi connectivity index (χ1v) is 10.1. The third kappa shape index (κ3) is 3.34. The summed E-state index contributed by atoms with van der Waals surface area (Å²) in [5.41, 5.74) is 2.60. The van der Waals surface area contributed by atoms with Gasteiger partial charge in [0.15, 0.2) is 0 Å². The monoisotopic (exact) mass is 400 g/mol. The molecule has 0 radical (unpaired) electrons. The molecule has 1 heterocycles. The van der Waals surface area contributed by atoms with Crippen LogP contribution in [0.3, 0.4) is 0 Å². The first kappa shape index (κ1) is 18.7. The second kappa shape index (κ2) is 6.89. The molecule has 0 atom stereocenters. The lowest BCUT2D eigenvalue weighted by Crippen LogP contribution is -2.41. The number of fused-ring (bicyclic) bond motifs is 1. The number of hydrogen-bond acceptors (Lipinski definition) is 2. The number of benzene rings is 2. The van der Waals surface area contributed by atoms with E-state index in [0.29, 0.717) is 16.8 Å². The number of aliphatic hydroxyl groups excluding tert-OH is 1. The Labute approximate surface area is 166 Å². The van der Waals surface area contributed by atoms with Crippen molar-refractivity contribution in [3.05, 3.63) is 59.4 Å². The lowest BCUT2D eigenvalue weighted by Gasteiger charge is -2.37. The molecule has 152 valence electrons. The van der Waals surface area contributed by atoms with E-state index in [1.54, 1.807) is 12.1 Å². The second-order valence-corrected chi connectivity index (χ2v) is 8.58. The summed E-state index contributed by atoms with van der Waals surface area (Å²) >= 11 is 0. The van der Waals surface area contributed by atoms with Crippen molar-refractivity contribution in [1.29, 1.82) is 0 Å². The fraction of sp³-hybridized carbons (Fsp3) is 0.391. The van der Waals surface area contributed by atoms with Gasteiger partial charge in [0.1, 0.15) is 17.5 Å². The quantitative estimate of drug-likeness (QED) is 0.553. The van der Waals surface area contributed by atoms with Gasteiger partial charge >= 0.3 is 0 Å². The molecule has 2 aliphatic rings. The van der Waals surface area contributed by atoms with Crippen LogP contribution >= 0.6 is 0 Å². The summed E-state index contributed by atoms with van der Waals surface area (Å²) in [6.45, 7) is 1.01. The zero-order valence-electron chi connectivity index (χ0n) is 15.9. The van der Waals surface area contributed by atoms with Crippen molar-refractivity contribution in [3.8, 4) is 11.3 Å². The average molecular weight is 400 g/mol. The van der Waals surface area contributed by atoms with Crippen LogP contribution in [0.15, 0.2) is 36.4 Å². The van der Waals surface area contributed by atoms with E-state index in [1.165, 1.54) is 18.2 Å². The molecular weight excluding hydrogens is 377 g/mol. The Morgan fingerprint density at radius 2 is 1.76 bits per heavy atom. The number of halogens is 3. The molecule has 2 fully saturated rings. The Kier molecular flexibility index (Phi) is 4.44. The van der Waals surface area contributed by atoms with Gasteiger partial charge in [0.25, 0.3) is 0 Å². The van der Waals surface area contributed by atoms with Crippen molar-refractivity contribution >= 4 is 10.9 Å². The van der Waals surface area contributed by atoms with Gasteiger partial charge < -0.3 is 15.4 Å². The highest BCUT2D eigenvalue weighted by Crippen LogP contribution is 2.48. The maximum atomic E-state index is 14.4. The first-order valence-electron chi connectivity index (χ1n) is 10.1. The normalized spacial score (nSPS) is 22.6. The number of aromatic amines is 1. The van der Waals surface area contributed by atoms with Crippen LogP contribution in [0, 0.1) is 23.4 Å². The predicted molar refractivity (Wildman–Crippen MR) is 106 cm³/mol. The molecule has 5 rings (SSSR count). The summed E-state index contributed by atoms with van der Waals surface area (Å²) in [5, 5.41) is 13.5. The zero-order chi connectivity index (χ0) is 20.2. The van der Waals surface area contributed by atoms with E-state index >= 15 is 0 Å². The van der Waals surface area contributed by atoms with E-state index in [4.69, 9.17) is 0 Å². The maximum absolute atomic E-state index is 14.4. The second-order valence-electron chi connectivity index (χ2n) is 8.58. The van der Waals surface area contributed by atoms with Crippen LogP contribution in [0.25, 0.3) is 22.2 Å². The predicted octanol–water partition coefficient (Wildman–Crippen LogP) is 4.86. The Morgan fingerprint density at radius 1 is 1.03 bits per heavy atom. The molecule has 2 saturated carbocycles. The fourth-order valence-electron chi connectivity index (χ4n) is 4.55. The van der Waals surface area contributed by atoms with Crippen LogP contribution in [-0.4, -0.2) is 28.8 Å². The fourth-order valence-corrected chi connectivity index (χ4v) is 4.55. The molecule has 6 heteroatoms. The molecular formula is C23H23F3N2O.